The van der Waals surface area contributed by atoms with Crippen LogP contribution in [0.5, 0.6) is 0 Å². The Balaban J connectivity index is 2.39. The Labute approximate surface area is 171 Å². The lowest BCUT2D eigenvalue weighted by Crippen LogP contribution is -2.40. The molecule has 1 aromatic carbocycles. The van der Waals surface area contributed by atoms with Gasteiger partial charge in [-0.05, 0) is 45.6 Å². The lowest BCUT2D eigenvalue weighted by Gasteiger charge is -2.23. The van der Waals surface area contributed by atoms with Gasteiger partial charge in [-0.25, -0.2) is 9.59 Å². The van der Waals surface area contributed by atoms with Gasteiger partial charge in [0.1, 0.15) is 12.2 Å². The van der Waals surface area contributed by atoms with Crippen LogP contribution in [0, 0.1) is 0 Å². The third kappa shape index (κ3) is 13.5. The predicted molar refractivity (Wildman–Crippen MR) is 108 cm³/mol. The van der Waals surface area contributed by atoms with Crippen LogP contribution in [0.4, 0.5) is 9.59 Å². The van der Waals surface area contributed by atoms with Crippen molar-refractivity contribution in [1.29, 1.82) is 0 Å². The van der Waals surface area contributed by atoms with E-state index in [0.717, 1.165) is 5.56 Å². The van der Waals surface area contributed by atoms with Crippen LogP contribution in [0.25, 0.3) is 0 Å². The van der Waals surface area contributed by atoms with Crippen LogP contribution in [0.15, 0.2) is 30.3 Å². The molecular weight excluding hydrogens is 400 g/mol. The van der Waals surface area contributed by atoms with Gasteiger partial charge < -0.3 is 20.1 Å². The van der Waals surface area contributed by atoms with Crippen molar-refractivity contribution in [2.75, 3.05) is 12.3 Å². The molecule has 3 N–H and O–H groups in total. The Bertz CT molecular complexity index is 746. The van der Waals surface area contributed by atoms with Gasteiger partial charge >= 0.3 is 12.2 Å². The van der Waals surface area contributed by atoms with Gasteiger partial charge in [0.05, 0.1) is 5.75 Å². The number of ether oxygens (including phenoxy) is 2. The van der Waals surface area contributed by atoms with Crippen molar-refractivity contribution in [3.8, 4) is 0 Å². The van der Waals surface area contributed by atoms with E-state index in [1.165, 1.54) is 0 Å². The van der Waals surface area contributed by atoms with Gasteiger partial charge in [-0.2, -0.15) is 8.42 Å². The zero-order valence-corrected chi connectivity index (χ0v) is 17.8. The molecular formula is C19H30N2O7S. The Morgan fingerprint density at radius 3 is 2.34 bits per heavy atom. The van der Waals surface area contributed by atoms with Crippen LogP contribution in [0.1, 0.15) is 45.6 Å². The standard InChI is InChI=1S/C19H30N2O7S/c1-19(2,3)28-18(23)21-16(11-13-29(24,25)26)10-7-12-20-17(22)27-14-15-8-5-4-6-9-15/h4-6,8-9,16H,7,10-14H2,1-3H3,(H,20,22)(H,21,23)(H,24,25,26). The highest BCUT2D eigenvalue weighted by atomic mass is 32.2. The first-order chi connectivity index (χ1) is 13.4. The minimum Gasteiger partial charge on any atom is -0.445 e. The number of hydrogen-bond donors (Lipinski definition) is 3. The molecule has 0 heterocycles. The molecule has 10 heteroatoms. The SMILES string of the molecule is CC(C)(C)OC(=O)NC(CCCNC(=O)OCc1ccccc1)CCS(=O)(=O)O. The summed E-state index contributed by atoms with van der Waals surface area (Å²) in [5.74, 6) is -0.486. The molecule has 0 aromatic heterocycles. The Hall–Kier alpha value is -2.33. The van der Waals surface area contributed by atoms with E-state index in [1.54, 1.807) is 20.8 Å². The van der Waals surface area contributed by atoms with Crippen molar-refractivity contribution in [3.63, 3.8) is 0 Å². The van der Waals surface area contributed by atoms with Gasteiger partial charge in [-0.1, -0.05) is 30.3 Å². The Morgan fingerprint density at radius 2 is 1.76 bits per heavy atom. The molecule has 1 aromatic rings. The fourth-order valence-electron chi connectivity index (χ4n) is 2.37. The first-order valence-corrected chi connectivity index (χ1v) is 10.9. The van der Waals surface area contributed by atoms with Gasteiger partial charge in [0.2, 0.25) is 0 Å². The minimum absolute atomic E-state index is 0.0243. The van der Waals surface area contributed by atoms with Crippen molar-refractivity contribution in [2.45, 2.75) is 58.3 Å². The largest absolute Gasteiger partial charge is 0.445 e. The molecule has 0 aliphatic carbocycles. The molecule has 0 saturated carbocycles. The molecule has 0 aliphatic heterocycles. The summed E-state index contributed by atoms with van der Waals surface area (Å²) in [7, 11) is -4.15. The highest BCUT2D eigenvalue weighted by Crippen LogP contribution is 2.09. The highest BCUT2D eigenvalue weighted by molar-refractivity contribution is 7.85. The number of benzene rings is 1. The van der Waals surface area contributed by atoms with Crippen LogP contribution in [0.3, 0.4) is 0 Å². The number of amides is 2. The second-order valence-corrected chi connectivity index (χ2v) is 9.12. The van der Waals surface area contributed by atoms with E-state index in [4.69, 9.17) is 14.0 Å². The molecule has 0 fully saturated rings. The van der Waals surface area contributed by atoms with E-state index < -0.39 is 39.7 Å². The Morgan fingerprint density at radius 1 is 1.10 bits per heavy atom. The monoisotopic (exact) mass is 430 g/mol. The van der Waals surface area contributed by atoms with E-state index in [0.29, 0.717) is 12.8 Å². The van der Waals surface area contributed by atoms with Crippen molar-refractivity contribution >= 4 is 22.3 Å². The molecule has 1 atom stereocenters. The molecule has 0 aliphatic rings. The van der Waals surface area contributed by atoms with E-state index >= 15 is 0 Å². The maximum atomic E-state index is 11.9. The number of nitrogens with one attached hydrogen (secondary N) is 2. The highest BCUT2D eigenvalue weighted by Gasteiger charge is 2.20. The second-order valence-electron chi connectivity index (χ2n) is 7.55. The third-order valence-corrected chi connectivity index (χ3v) is 4.41. The van der Waals surface area contributed by atoms with Gasteiger partial charge in [0.15, 0.2) is 0 Å². The average Bonchev–Trinajstić information content (AvgIpc) is 2.60. The summed E-state index contributed by atoms with van der Waals surface area (Å²) in [6, 6.07) is 8.72. The zero-order chi connectivity index (χ0) is 21.9. The second kappa shape index (κ2) is 11.6. The quantitative estimate of drug-likeness (QED) is 0.384. The van der Waals surface area contributed by atoms with Crippen molar-refractivity contribution < 1.29 is 32.0 Å². The van der Waals surface area contributed by atoms with Gasteiger partial charge in [0, 0.05) is 12.6 Å². The fourth-order valence-corrected chi connectivity index (χ4v) is 2.95. The molecule has 0 saturated heterocycles. The molecule has 2 amide bonds. The van der Waals surface area contributed by atoms with Gasteiger partial charge in [0.25, 0.3) is 10.1 Å². The topological polar surface area (TPSA) is 131 Å². The van der Waals surface area contributed by atoms with Crippen LogP contribution in [-0.4, -0.2) is 49.1 Å². The lowest BCUT2D eigenvalue weighted by molar-refractivity contribution is 0.0499. The molecule has 0 radical (unpaired) electrons. The summed E-state index contributed by atoms with van der Waals surface area (Å²) in [6.45, 7) is 5.58. The maximum Gasteiger partial charge on any atom is 0.407 e. The average molecular weight is 431 g/mol. The molecule has 1 unspecified atom stereocenters. The lowest BCUT2D eigenvalue weighted by atomic mass is 10.1. The van der Waals surface area contributed by atoms with E-state index in [9.17, 15) is 18.0 Å². The van der Waals surface area contributed by atoms with Crippen molar-refractivity contribution in [2.24, 2.45) is 0 Å². The number of carbonyl (C=O) groups excluding carboxylic acids is 2. The van der Waals surface area contributed by atoms with E-state index in [1.807, 2.05) is 30.3 Å². The molecule has 0 spiro atoms. The summed E-state index contributed by atoms with van der Waals surface area (Å²) < 4.78 is 41.2. The first-order valence-electron chi connectivity index (χ1n) is 9.34. The van der Waals surface area contributed by atoms with Crippen LogP contribution >= 0.6 is 0 Å². The smallest absolute Gasteiger partial charge is 0.407 e. The summed E-state index contributed by atoms with van der Waals surface area (Å²) in [5, 5.41) is 5.20. The molecule has 164 valence electrons. The summed E-state index contributed by atoms with van der Waals surface area (Å²) in [6.07, 6.45) is -0.368. The van der Waals surface area contributed by atoms with E-state index in [-0.39, 0.29) is 19.6 Å². The van der Waals surface area contributed by atoms with Crippen LogP contribution < -0.4 is 10.6 Å². The normalized spacial score (nSPS) is 12.7. The number of alkyl carbamates (subject to hydrolysis) is 2. The molecule has 1 rings (SSSR count). The van der Waals surface area contributed by atoms with Crippen molar-refractivity contribution in [1.82, 2.24) is 10.6 Å². The van der Waals surface area contributed by atoms with Crippen LogP contribution in [-0.2, 0) is 26.2 Å². The van der Waals surface area contributed by atoms with E-state index in [2.05, 4.69) is 10.6 Å². The minimum atomic E-state index is -4.15. The van der Waals surface area contributed by atoms with Crippen LogP contribution in [0.2, 0.25) is 0 Å². The fraction of sp³-hybridized carbons (Fsp3) is 0.579. The van der Waals surface area contributed by atoms with Crippen molar-refractivity contribution in [3.05, 3.63) is 35.9 Å². The predicted octanol–water partition coefficient (Wildman–Crippen LogP) is 2.86. The zero-order valence-electron chi connectivity index (χ0n) is 17.0. The first kappa shape index (κ1) is 24.7. The number of carbonyl (C=O) groups is 2. The number of hydrogen-bond acceptors (Lipinski definition) is 6. The number of rotatable bonds is 10. The summed E-state index contributed by atoms with van der Waals surface area (Å²) >= 11 is 0. The van der Waals surface area contributed by atoms with Gasteiger partial charge in [-0.3, -0.25) is 4.55 Å². The molecule has 9 nitrogen and oxygen atoms in total. The summed E-state index contributed by atoms with van der Waals surface area (Å²) in [5.41, 5.74) is 0.177. The summed E-state index contributed by atoms with van der Waals surface area (Å²) in [4.78, 5) is 23.6. The Kier molecular flexibility index (Phi) is 9.90. The maximum absolute atomic E-state index is 11.9. The van der Waals surface area contributed by atoms with Gasteiger partial charge in [-0.15, -0.1) is 0 Å². The molecule has 29 heavy (non-hydrogen) atoms. The molecule has 0 bridgehead atoms. The third-order valence-electron chi connectivity index (χ3n) is 3.66.